The van der Waals surface area contributed by atoms with Gasteiger partial charge in [0.05, 0.1) is 12.2 Å². The first kappa shape index (κ1) is 13.9. The number of hydrogen-bond acceptors (Lipinski definition) is 4. The number of anilines is 2. The standard InChI is InChI=1S/C15H19N3O3/c1-17(8-13(19)16-9-3-4-9)10-5-6-11-12(7-10)18(2)15(21)14(11)20/h5-7,9,14,20H,3-4,8H2,1-2H3,(H,16,19). The van der Waals surface area contributed by atoms with E-state index in [-0.39, 0.29) is 18.4 Å². The maximum Gasteiger partial charge on any atom is 0.260 e. The largest absolute Gasteiger partial charge is 0.378 e. The predicted octanol–water partition coefficient (Wildman–Crippen LogP) is 0.411. The van der Waals surface area contributed by atoms with E-state index in [1.807, 2.05) is 24.1 Å². The summed E-state index contributed by atoms with van der Waals surface area (Å²) in [5.41, 5.74) is 2.15. The third-order valence-electron chi connectivity index (χ3n) is 4.00. The maximum absolute atomic E-state index is 11.8. The third kappa shape index (κ3) is 2.58. The van der Waals surface area contributed by atoms with Crippen LogP contribution in [0.1, 0.15) is 24.5 Å². The molecule has 2 aliphatic rings. The Hall–Kier alpha value is -2.08. The molecule has 0 spiro atoms. The quantitative estimate of drug-likeness (QED) is 0.842. The summed E-state index contributed by atoms with van der Waals surface area (Å²) in [7, 11) is 3.47. The van der Waals surface area contributed by atoms with Crippen LogP contribution < -0.4 is 15.1 Å². The van der Waals surface area contributed by atoms with Gasteiger partial charge in [0, 0.05) is 31.4 Å². The minimum Gasteiger partial charge on any atom is -0.378 e. The average Bonchev–Trinajstić information content (AvgIpc) is 3.24. The molecular formula is C15H19N3O3. The molecule has 0 radical (unpaired) electrons. The van der Waals surface area contributed by atoms with Gasteiger partial charge in [0.1, 0.15) is 0 Å². The van der Waals surface area contributed by atoms with Crippen molar-refractivity contribution < 1.29 is 14.7 Å². The second-order valence-electron chi connectivity index (χ2n) is 5.74. The van der Waals surface area contributed by atoms with Crippen LogP contribution in [0, 0.1) is 0 Å². The topological polar surface area (TPSA) is 72.9 Å². The number of likely N-dealkylation sites (N-methyl/N-ethyl adjacent to an activating group) is 2. The van der Waals surface area contributed by atoms with Gasteiger partial charge in [0.2, 0.25) is 5.91 Å². The van der Waals surface area contributed by atoms with Crippen molar-refractivity contribution in [3.8, 4) is 0 Å². The summed E-state index contributed by atoms with van der Waals surface area (Å²) in [4.78, 5) is 26.8. The number of amides is 2. The molecule has 0 aromatic heterocycles. The summed E-state index contributed by atoms with van der Waals surface area (Å²) < 4.78 is 0. The van der Waals surface area contributed by atoms with Crippen LogP contribution in [-0.2, 0) is 9.59 Å². The summed E-state index contributed by atoms with van der Waals surface area (Å²) in [6.45, 7) is 0.273. The third-order valence-corrected chi connectivity index (χ3v) is 4.00. The first-order chi connectivity index (χ1) is 9.97. The molecule has 1 aromatic rings. The summed E-state index contributed by atoms with van der Waals surface area (Å²) in [6.07, 6.45) is 1.06. The van der Waals surface area contributed by atoms with Gasteiger partial charge in [-0.2, -0.15) is 0 Å². The van der Waals surface area contributed by atoms with E-state index in [1.54, 1.807) is 13.1 Å². The monoisotopic (exact) mass is 289 g/mol. The normalized spacial score (nSPS) is 20.4. The fourth-order valence-corrected chi connectivity index (χ4v) is 2.53. The van der Waals surface area contributed by atoms with Crippen molar-refractivity contribution in [3.05, 3.63) is 23.8 Å². The Bertz CT molecular complexity index is 598. The highest BCUT2D eigenvalue weighted by atomic mass is 16.3. The Labute approximate surface area is 123 Å². The molecule has 112 valence electrons. The fraction of sp³-hybridized carbons (Fsp3) is 0.467. The molecule has 1 aromatic carbocycles. The van der Waals surface area contributed by atoms with E-state index >= 15 is 0 Å². The number of aliphatic hydroxyl groups excluding tert-OH is 1. The number of nitrogens with zero attached hydrogens (tertiary/aromatic N) is 2. The van der Waals surface area contributed by atoms with Crippen LogP contribution in [0.5, 0.6) is 0 Å². The van der Waals surface area contributed by atoms with E-state index in [9.17, 15) is 14.7 Å². The van der Waals surface area contributed by atoms with Gasteiger partial charge in [0.15, 0.2) is 6.10 Å². The number of rotatable bonds is 4. The number of fused-ring (bicyclic) bond motifs is 1. The van der Waals surface area contributed by atoms with E-state index in [0.29, 0.717) is 17.3 Å². The molecule has 6 heteroatoms. The van der Waals surface area contributed by atoms with Gasteiger partial charge >= 0.3 is 0 Å². The maximum atomic E-state index is 11.8. The number of hydrogen-bond donors (Lipinski definition) is 2. The summed E-state index contributed by atoms with van der Waals surface area (Å²) in [5, 5.41) is 12.8. The minimum atomic E-state index is -1.08. The second kappa shape index (κ2) is 5.04. The molecule has 6 nitrogen and oxygen atoms in total. The molecule has 3 rings (SSSR count). The molecule has 1 heterocycles. The molecule has 0 bridgehead atoms. The summed E-state index contributed by atoms with van der Waals surface area (Å²) >= 11 is 0. The van der Waals surface area contributed by atoms with Crippen molar-refractivity contribution in [3.63, 3.8) is 0 Å². The summed E-state index contributed by atoms with van der Waals surface area (Å²) in [6, 6.07) is 5.74. The zero-order valence-corrected chi connectivity index (χ0v) is 12.2. The fourth-order valence-electron chi connectivity index (χ4n) is 2.53. The number of aliphatic hydroxyl groups is 1. The van der Waals surface area contributed by atoms with Crippen LogP contribution in [-0.4, -0.2) is 43.6 Å². The van der Waals surface area contributed by atoms with Gasteiger partial charge in [-0.1, -0.05) is 6.07 Å². The molecule has 21 heavy (non-hydrogen) atoms. The highest BCUT2D eigenvalue weighted by Crippen LogP contribution is 2.37. The molecular weight excluding hydrogens is 270 g/mol. The molecule has 0 saturated heterocycles. The van der Waals surface area contributed by atoms with Gasteiger partial charge in [-0.3, -0.25) is 9.59 Å². The zero-order valence-electron chi connectivity index (χ0n) is 12.2. The van der Waals surface area contributed by atoms with Crippen molar-refractivity contribution in [1.29, 1.82) is 0 Å². The average molecular weight is 289 g/mol. The van der Waals surface area contributed by atoms with Crippen LogP contribution in [0.4, 0.5) is 11.4 Å². The smallest absolute Gasteiger partial charge is 0.260 e. The lowest BCUT2D eigenvalue weighted by molar-refractivity contribution is -0.125. The lowest BCUT2D eigenvalue weighted by atomic mass is 10.1. The molecule has 1 aliphatic carbocycles. The molecule has 2 amide bonds. The van der Waals surface area contributed by atoms with Gasteiger partial charge < -0.3 is 20.2 Å². The minimum absolute atomic E-state index is 0.00460. The van der Waals surface area contributed by atoms with Gasteiger partial charge in [0.25, 0.3) is 5.91 Å². The van der Waals surface area contributed by atoms with Crippen LogP contribution in [0.2, 0.25) is 0 Å². The number of nitrogens with one attached hydrogen (secondary N) is 1. The number of benzene rings is 1. The highest BCUT2D eigenvalue weighted by molar-refractivity contribution is 6.04. The van der Waals surface area contributed by atoms with Crippen molar-refractivity contribution in [2.45, 2.75) is 25.0 Å². The lowest BCUT2D eigenvalue weighted by Crippen LogP contribution is -2.36. The zero-order chi connectivity index (χ0) is 15.1. The van der Waals surface area contributed by atoms with Gasteiger partial charge in [-0.25, -0.2) is 0 Å². The van der Waals surface area contributed by atoms with Crippen molar-refractivity contribution in [1.82, 2.24) is 5.32 Å². The van der Waals surface area contributed by atoms with Crippen LogP contribution in [0.25, 0.3) is 0 Å². The van der Waals surface area contributed by atoms with Crippen LogP contribution >= 0.6 is 0 Å². The van der Waals surface area contributed by atoms with E-state index in [1.165, 1.54) is 4.90 Å². The molecule has 1 aliphatic heterocycles. The second-order valence-corrected chi connectivity index (χ2v) is 5.74. The number of carbonyl (C=O) groups excluding carboxylic acids is 2. The molecule has 1 unspecified atom stereocenters. The molecule has 2 N–H and O–H groups in total. The Balaban J connectivity index is 1.74. The Morgan fingerprint density at radius 2 is 2.19 bits per heavy atom. The first-order valence-corrected chi connectivity index (χ1v) is 7.07. The van der Waals surface area contributed by atoms with Gasteiger partial charge in [-0.15, -0.1) is 0 Å². The van der Waals surface area contributed by atoms with E-state index in [0.717, 1.165) is 18.5 Å². The van der Waals surface area contributed by atoms with Crippen molar-refractivity contribution in [2.75, 3.05) is 30.4 Å². The Morgan fingerprint density at radius 1 is 1.48 bits per heavy atom. The van der Waals surface area contributed by atoms with E-state index < -0.39 is 6.10 Å². The molecule has 1 atom stereocenters. The predicted molar refractivity (Wildman–Crippen MR) is 79.2 cm³/mol. The molecule has 1 saturated carbocycles. The van der Waals surface area contributed by atoms with Crippen molar-refractivity contribution in [2.24, 2.45) is 0 Å². The Morgan fingerprint density at radius 3 is 2.86 bits per heavy atom. The van der Waals surface area contributed by atoms with Crippen LogP contribution in [0.3, 0.4) is 0 Å². The first-order valence-electron chi connectivity index (χ1n) is 7.07. The summed E-state index contributed by atoms with van der Waals surface area (Å²) in [5.74, 6) is -0.318. The van der Waals surface area contributed by atoms with Crippen molar-refractivity contribution >= 4 is 23.2 Å². The van der Waals surface area contributed by atoms with E-state index in [2.05, 4.69) is 5.32 Å². The van der Waals surface area contributed by atoms with E-state index in [4.69, 9.17) is 0 Å². The highest BCUT2D eigenvalue weighted by Gasteiger charge is 2.33. The Kier molecular flexibility index (Phi) is 3.33. The number of carbonyl (C=O) groups is 2. The lowest BCUT2D eigenvalue weighted by Gasteiger charge is -2.20. The molecule has 1 fully saturated rings. The van der Waals surface area contributed by atoms with Crippen LogP contribution in [0.15, 0.2) is 18.2 Å². The van der Waals surface area contributed by atoms with Gasteiger partial charge in [-0.05, 0) is 25.0 Å². The SMILES string of the molecule is CN(CC(=O)NC1CC1)c1ccc2c(c1)N(C)C(=O)C2O.